The smallest absolute Gasteiger partial charge is 0.248 e. The minimum absolute atomic E-state index is 0.174. The first-order valence-electron chi connectivity index (χ1n) is 2.77. The molecule has 0 aromatic rings. The Morgan fingerprint density at radius 3 is 2.45 bits per heavy atom. The number of carbonyl (C=O) groups excluding carboxylic acids is 1. The largest absolute Gasteiger partial charge is 0.503 e. The highest BCUT2D eigenvalue weighted by molar-refractivity contribution is 6.49. The summed E-state index contributed by atoms with van der Waals surface area (Å²) in [5, 5.41) is 24.6. The van der Waals surface area contributed by atoms with Crippen LogP contribution in [0, 0.1) is 5.41 Å². The molecule has 1 aliphatic carbocycles. The molecule has 0 unspecified atom stereocenters. The molecule has 58 valence electrons. The first-order chi connectivity index (χ1) is 5.04. The van der Waals surface area contributed by atoms with Crippen LogP contribution in [-0.4, -0.2) is 21.7 Å². The van der Waals surface area contributed by atoms with Gasteiger partial charge in [0, 0.05) is 0 Å². The Hall–Kier alpha value is -1.78. The van der Waals surface area contributed by atoms with Gasteiger partial charge in [0.25, 0.3) is 0 Å². The number of nitrogens with two attached hydrogens (primary N) is 1. The quantitative estimate of drug-likeness (QED) is 0.361. The van der Waals surface area contributed by atoms with Crippen LogP contribution in [0.2, 0.25) is 0 Å². The number of hydrogen-bond donors (Lipinski definition) is 4. The average molecular weight is 154 g/mol. The van der Waals surface area contributed by atoms with Crippen LogP contribution in [-0.2, 0) is 4.79 Å². The Labute approximate surface area is 62.0 Å². The van der Waals surface area contributed by atoms with Gasteiger partial charge >= 0.3 is 0 Å². The number of aliphatic hydroxyl groups is 2. The second-order valence-corrected chi connectivity index (χ2v) is 2.04. The van der Waals surface area contributed by atoms with Gasteiger partial charge in [-0.2, -0.15) is 0 Å². The van der Waals surface area contributed by atoms with Gasteiger partial charge in [-0.15, -0.1) is 0 Å². The lowest BCUT2D eigenvalue weighted by Gasteiger charge is -2.08. The van der Waals surface area contributed by atoms with Gasteiger partial charge in [0.2, 0.25) is 11.5 Å². The SMILES string of the molecule is N=C1C=C(N)C(O)=C(O)C1=O. The predicted molar refractivity (Wildman–Crippen MR) is 37.3 cm³/mol. The molecule has 0 heterocycles. The van der Waals surface area contributed by atoms with E-state index >= 15 is 0 Å². The van der Waals surface area contributed by atoms with Gasteiger partial charge in [0.1, 0.15) is 5.71 Å². The fraction of sp³-hybridized carbons (Fsp3) is 0. The van der Waals surface area contributed by atoms with Crippen molar-refractivity contribution in [2.24, 2.45) is 5.73 Å². The second kappa shape index (κ2) is 2.12. The van der Waals surface area contributed by atoms with Gasteiger partial charge in [-0.25, -0.2) is 0 Å². The van der Waals surface area contributed by atoms with Crippen LogP contribution in [0.4, 0.5) is 0 Å². The van der Waals surface area contributed by atoms with E-state index in [9.17, 15) is 4.79 Å². The highest BCUT2D eigenvalue weighted by Gasteiger charge is 2.24. The van der Waals surface area contributed by atoms with Crippen molar-refractivity contribution in [3.05, 3.63) is 23.3 Å². The number of nitrogens with one attached hydrogen (secondary N) is 1. The number of Topliss-reactive ketones (excluding diaryl/α,β-unsaturated/α-hetero) is 1. The van der Waals surface area contributed by atoms with Crippen molar-refractivity contribution < 1.29 is 15.0 Å². The Kier molecular flexibility index (Phi) is 1.41. The molecule has 0 atom stereocenters. The van der Waals surface area contributed by atoms with E-state index in [1.807, 2.05) is 0 Å². The van der Waals surface area contributed by atoms with Crippen molar-refractivity contribution in [2.45, 2.75) is 0 Å². The fourth-order valence-electron chi connectivity index (χ4n) is 0.661. The normalized spacial score (nSPS) is 18.7. The van der Waals surface area contributed by atoms with Crippen molar-refractivity contribution in [3.63, 3.8) is 0 Å². The Bertz CT molecular complexity index is 301. The summed E-state index contributed by atoms with van der Waals surface area (Å²) in [5.74, 6) is -2.45. The van der Waals surface area contributed by atoms with Crippen molar-refractivity contribution in [1.82, 2.24) is 0 Å². The molecule has 0 aromatic carbocycles. The number of carbonyl (C=O) groups is 1. The molecule has 0 aliphatic heterocycles. The maximum absolute atomic E-state index is 10.7. The minimum Gasteiger partial charge on any atom is -0.503 e. The molecular formula is C6H6N2O3. The van der Waals surface area contributed by atoms with Crippen molar-refractivity contribution in [3.8, 4) is 0 Å². The molecule has 5 N–H and O–H groups in total. The molecule has 5 nitrogen and oxygen atoms in total. The van der Waals surface area contributed by atoms with Crippen molar-refractivity contribution in [2.75, 3.05) is 0 Å². The van der Waals surface area contributed by atoms with Crippen LogP contribution >= 0.6 is 0 Å². The van der Waals surface area contributed by atoms with E-state index in [1.54, 1.807) is 0 Å². The van der Waals surface area contributed by atoms with E-state index in [2.05, 4.69) is 0 Å². The molecule has 11 heavy (non-hydrogen) atoms. The van der Waals surface area contributed by atoms with E-state index in [-0.39, 0.29) is 5.70 Å². The summed E-state index contributed by atoms with van der Waals surface area (Å²) in [7, 11) is 0. The predicted octanol–water partition coefficient (Wildman–Crippen LogP) is -0.241. The van der Waals surface area contributed by atoms with Crippen LogP contribution in [0.15, 0.2) is 23.3 Å². The lowest BCUT2D eigenvalue weighted by molar-refractivity contribution is -0.112. The van der Waals surface area contributed by atoms with Gasteiger partial charge in [-0.1, -0.05) is 0 Å². The van der Waals surface area contributed by atoms with Crippen molar-refractivity contribution in [1.29, 1.82) is 5.41 Å². The summed E-state index contributed by atoms with van der Waals surface area (Å²) in [6.07, 6.45) is 0.984. The highest BCUT2D eigenvalue weighted by atomic mass is 16.3. The minimum atomic E-state index is -0.920. The van der Waals surface area contributed by atoms with Gasteiger partial charge in [-0.05, 0) is 6.08 Å². The van der Waals surface area contributed by atoms with Gasteiger partial charge in [-0.3, -0.25) is 10.2 Å². The van der Waals surface area contributed by atoms with Gasteiger partial charge in [0.15, 0.2) is 5.76 Å². The van der Waals surface area contributed by atoms with Crippen LogP contribution in [0.1, 0.15) is 0 Å². The second-order valence-electron chi connectivity index (χ2n) is 2.04. The highest BCUT2D eigenvalue weighted by Crippen LogP contribution is 2.12. The molecule has 1 rings (SSSR count). The summed E-state index contributed by atoms with van der Waals surface area (Å²) in [4.78, 5) is 10.7. The zero-order valence-electron chi connectivity index (χ0n) is 5.46. The zero-order chi connectivity index (χ0) is 8.59. The molecule has 0 spiro atoms. The van der Waals surface area contributed by atoms with E-state index in [1.165, 1.54) is 0 Å². The van der Waals surface area contributed by atoms with Crippen LogP contribution in [0.5, 0.6) is 0 Å². The number of aliphatic hydroxyl groups excluding tert-OH is 2. The first-order valence-corrected chi connectivity index (χ1v) is 2.77. The molecule has 0 amide bonds. The summed E-state index contributed by atoms with van der Waals surface area (Å²) in [6.45, 7) is 0. The van der Waals surface area contributed by atoms with Crippen LogP contribution in [0.25, 0.3) is 0 Å². The third kappa shape index (κ3) is 0.958. The molecule has 0 saturated carbocycles. The zero-order valence-corrected chi connectivity index (χ0v) is 5.46. The van der Waals surface area contributed by atoms with E-state index in [0.29, 0.717) is 0 Å². The Balaban J connectivity index is 3.22. The van der Waals surface area contributed by atoms with E-state index in [0.717, 1.165) is 6.08 Å². The third-order valence-electron chi connectivity index (χ3n) is 1.26. The number of rotatable bonds is 0. The molecule has 0 fully saturated rings. The van der Waals surface area contributed by atoms with E-state index < -0.39 is 23.0 Å². The summed E-state index contributed by atoms with van der Waals surface area (Å²) in [5.41, 5.74) is 4.51. The number of allylic oxidation sites excluding steroid dienone is 2. The summed E-state index contributed by atoms with van der Waals surface area (Å²) >= 11 is 0. The number of hydrogen-bond acceptors (Lipinski definition) is 5. The lowest BCUT2D eigenvalue weighted by atomic mass is 10.1. The van der Waals surface area contributed by atoms with Crippen LogP contribution in [0.3, 0.4) is 0 Å². The maximum atomic E-state index is 10.7. The van der Waals surface area contributed by atoms with Gasteiger partial charge < -0.3 is 15.9 Å². The monoisotopic (exact) mass is 154 g/mol. The molecule has 0 radical (unpaired) electrons. The lowest BCUT2D eigenvalue weighted by Crippen LogP contribution is -2.23. The summed E-state index contributed by atoms with van der Waals surface area (Å²) < 4.78 is 0. The topological polar surface area (TPSA) is 107 Å². The third-order valence-corrected chi connectivity index (χ3v) is 1.26. The van der Waals surface area contributed by atoms with Crippen molar-refractivity contribution >= 4 is 11.5 Å². The molecule has 5 heteroatoms. The van der Waals surface area contributed by atoms with Gasteiger partial charge in [0.05, 0.1) is 5.70 Å². The van der Waals surface area contributed by atoms with Crippen LogP contribution < -0.4 is 5.73 Å². The number of ketones is 1. The average Bonchev–Trinajstić information content (AvgIpc) is 1.97. The maximum Gasteiger partial charge on any atom is 0.248 e. The fourth-order valence-corrected chi connectivity index (χ4v) is 0.661. The molecule has 0 aromatic heterocycles. The van der Waals surface area contributed by atoms with E-state index in [4.69, 9.17) is 21.4 Å². The molecule has 0 bridgehead atoms. The Morgan fingerprint density at radius 2 is 1.91 bits per heavy atom. The summed E-state index contributed by atoms with van der Waals surface area (Å²) in [6, 6.07) is 0. The molecule has 1 aliphatic rings. The Morgan fingerprint density at radius 1 is 1.36 bits per heavy atom. The molecule has 0 saturated heterocycles. The standard InChI is InChI=1S/C6H6N2O3/c7-2-1-3(8)5(10)6(11)4(2)9/h1,7,10-11H,8H2. The molecular weight excluding hydrogens is 148 g/mol. The first kappa shape index (κ1) is 7.33.